The molecule has 3 aliphatic rings. The maximum Gasteiger partial charge on any atom is 0.237 e. The Hall–Kier alpha value is -1.63. The number of likely N-dealkylation sites (tertiary alicyclic amines) is 1. The number of amides is 1. The summed E-state index contributed by atoms with van der Waals surface area (Å²) in [5.74, 6) is 0.361. The first-order valence-electron chi connectivity index (χ1n) is 8.34. The molecular weight excluding hydrogens is 294 g/mol. The predicted molar refractivity (Wildman–Crippen MR) is 86.4 cm³/mol. The van der Waals surface area contributed by atoms with Gasteiger partial charge >= 0.3 is 0 Å². The Morgan fingerprint density at radius 3 is 2.87 bits per heavy atom. The van der Waals surface area contributed by atoms with Crippen molar-refractivity contribution in [2.45, 2.75) is 18.0 Å². The van der Waals surface area contributed by atoms with Crippen LogP contribution in [-0.4, -0.2) is 78.9 Å². The first kappa shape index (κ1) is 14.9. The number of hydrogen-bond donors (Lipinski definition) is 2. The van der Waals surface area contributed by atoms with Gasteiger partial charge in [-0.2, -0.15) is 0 Å². The van der Waals surface area contributed by atoms with Crippen LogP contribution in [-0.2, 0) is 9.53 Å². The number of ether oxygens (including phenoxy) is 1. The Labute approximate surface area is 136 Å². The zero-order chi connectivity index (χ0) is 15.8. The lowest BCUT2D eigenvalue weighted by Crippen LogP contribution is -2.70. The molecule has 1 amide bonds. The zero-order valence-corrected chi connectivity index (χ0v) is 13.1. The third kappa shape index (κ3) is 2.51. The van der Waals surface area contributed by atoms with E-state index in [2.05, 4.69) is 22.3 Å². The van der Waals surface area contributed by atoms with E-state index in [1.807, 2.05) is 17.0 Å². The molecule has 0 unspecified atom stereocenters. The van der Waals surface area contributed by atoms with Gasteiger partial charge in [-0.15, -0.1) is 0 Å². The third-order valence-electron chi connectivity index (χ3n) is 5.30. The minimum Gasteiger partial charge on any atom is -0.394 e. The second-order valence-corrected chi connectivity index (χ2v) is 6.50. The van der Waals surface area contributed by atoms with Crippen LogP contribution in [0.5, 0.6) is 0 Å². The summed E-state index contributed by atoms with van der Waals surface area (Å²) in [5.41, 5.74) is 2.35. The van der Waals surface area contributed by atoms with Crippen molar-refractivity contribution in [3.05, 3.63) is 29.8 Å². The fourth-order valence-corrected chi connectivity index (χ4v) is 4.15. The van der Waals surface area contributed by atoms with Crippen LogP contribution in [0.4, 0.5) is 5.69 Å². The fraction of sp³-hybridized carbons (Fsp3) is 0.588. The highest BCUT2D eigenvalue weighted by molar-refractivity contribution is 5.81. The number of hydrogen-bond acceptors (Lipinski definition) is 5. The minimum absolute atomic E-state index is 0.0182. The summed E-state index contributed by atoms with van der Waals surface area (Å²) in [5, 5.41) is 13.2. The highest BCUT2D eigenvalue weighted by atomic mass is 16.5. The van der Waals surface area contributed by atoms with E-state index in [0.29, 0.717) is 19.8 Å². The molecule has 0 bridgehead atoms. The van der Waals surface area contributed by atoms with Crippen molar-refractivity contribution in [1.82, 2.24) is 9.80 Å². The standard InChI is InChI=1S/C17H23N3O3/c21-11-15-17-12-3-1-2-4-13(12)18-9-14(17)20(15)16(22)10-19-5-7-23-8-6-19/h1-4,14-15,17-18,21H,5-11H2/t14-,15+,17+/m1/s1. The van der Waals surface area contributed by atoms with Crippen molar-refractivity contribution in [2.75, 3.05) is 51.3 Å². The molecule has 2 fully saturated rings. The van der Waals surface area contributed by atoms with E-state index < -0.39 is 0 Å². The first-order valence-corrected chi connectivity index (χ1v) is 8.34. The van der Waals surface area contributed by atoms with Crippen molar-refractivity contribution < 1.29 is 14.6 Å². The largest absolute Gasteiger partial charge is 0.394 e. The van der Waals surface area contributed by atoms with Gasteiger partial charge < -0.3 is 20.1 Å². The van der Waals surface area contributed by atoms with Crippen molar-refractivity contribution in [1.29, 1.82) is 0 Å². The van der Waals surface area contributed by atoms with Gasteiger partial charge in [-0.25, -0.2) is 0 Å². The van der Waals surface area contributed by atoms with E-state index in [0.717, 1.165) is 25.3 Å². The topological polar surface area (TPSA) is 65.0 Å². The Balaban J connectivity index is 1.49. The summed E-state index contributed by atoms with van der Waals surface area (Å²) in [7, 11) is 0. The number of nitrogens with zero attached hydrogens (tertiary/aromatic N) is 2. The lowest BCUT2D eigenvalue weighted by Gasteiger charge is -2.57. The Kier molecular flexibility index (Phi) is 3.97. The van der Waals surface area contributed by atoms with Crippen LogP contribution in [0.25, 0.3) is 0 Å². The van der Waals surface area contributed by atoms with Crippen LogP contribution in [0.1, 0.15) is 11.5 Å². The summed E-state index contributed by atoms with van der Waals surface area (Å²) in [6.45, 7) is 4.19. The number of aliphatic hydroxyl groups excluding tert-OH is 1. The van der Waals surface area contributed by atoms with Crippen molar-refractivity contribution in [3.63, 3.8) is 0 Å². The van der Waals surface area contributed by atoms with Crippen molar-refractivity contribution >= 4 is 11.6 Å². The zero-order valence-electron chi connectivity index (χ0n) is 13.1. The Bertz CT molecular complexity index is 588. The number of carbonyl (C=O) groups is 1. The second kappa shape index (κ2) is 6.11. The number of fused-ring (bicyclic) bond motifs is 3. The van der Waals surface area contributed by atoms with Crippen LogP contribution >= 0.6 is 0 Å². The Morgan fingerprint density at radius 2 is 2.09 bits per heavy atom. The number of benzene rings is 1. The van der Waals surface area contributed by atoms with Crippen LogP contribution in [0, 0.1) is 0 Å². The van der Waals surface area contributed by atoms with Crippen LogP contribution in [0.2, 0.25) is 0 Å². The van der Waals surface area contributed by atoms with E-state index in [9.17, 15) is 9.90 Å². The summed E-state index contributed by atoms with van der Waals surface area (Å²) >= 11 is 0. The molecule has 0 saturated carbocycles. The van der Waals surface area contributed by atoms with Crippen LogP contribution < -0.4 is 5.32 Å². The first-order chi connectivity index (χ1) is 11.3. The number of para-hydroxylation sites is 1. The number of anilines is 1. The molecule has 0 spiro atoms. The highest BCUT2D eigenvalue weighted by Crippen LogP contribution is 2.46. The van der Waals surface area contributed by atoms with Gasteiger partial charge in [0.2, 0.25) is 5.91 Å². The molecule has 2 saturated heterocycles. The molecule has 6 heteroatoms. The molecule has 1 aromatic carbocycles. The predicted octanol–water partition coefficient (Wildman–Crippen LogP) is 0.0996. The molecule has 0 aromatic heterocycles. The molecular formula is C17H23N3O3. The average Bonchev–Trinajstić information content (AvgIpc) is 2.56. The molecule has 4 rings (SSSR count). The lowest BCUT2D eigenvalue weighted by atomic mass is 9.72. The van der Waals surface area contributed by atoms with Crippen molar-refractivity contribution in [3.8, 4) is 0 Å². The van der Waals surface area contributed by atoms with Gasteiger partial charge in [0.1, 0.15) is 0 Å². The summed E-state index contributed by atoms with van der Waals surface area (Å²) in [6.07, 6.45) is 0. The smallest absolute Gasteiger partial charge is 0.237 e. The maximum atomic E-state index is 12.7. The van der Waals surface area contributed by atoms with Crippen LogP contribution in [0.15, 0.2) is 24.3 Å². The van der Waals surface area contributed by atoms with Gasteiger partial charge in [0.15, 0.2) is 0 Å². The summed E-state index contributed by atoms with van der Waals surface area (Å²) < 4.78 is 5.33. The molecule has 2 N–H and O–H groups in total. The fourth-order valence-electron chi connectivity index (χ4n) is 4.15. The number of aliphatic hydroxyl groups is 1. The molecule has 0 aliphatic carbocycles. The van der Waals surface area contributed by atoms with Gasteiger partial charge in [-0.1, -0.05) is 18.2 Å². The van der Waals surface area contributed by atoms with Gasteiger partial charge in [0.25, 0.3) is 0 Å². The molecule has 1 aromatic rings. The number of carbonyl (C=O) groups excluding carboxylic acids is 1. The molecule has 124 valence electrons. The molecule has 23 heavy (non-hydrogen) atoms. The molecule has 3 atom stereocenters. The minimum atomic E-state index is -0.100. The normalized spacial score (nSPS) is 30.0. The van der Waals surface area contributed by atoms with E-state index in [4.69, 9.17) is 4.74 Å². The van der Waals surface area contributed by atoms with Crippen molar-refractivity contribution in [2.24, 2.45) is 0 Å². The summed E-state index contributed by atoms with van der Waals surface area (Å²) in [6, 6.07) is 8.26. The number of morpholine rings is 1. The monoisotopic (exact) mass is 317 g/mol. The van der Waals surface area contributed by atoms with E-state index >= 15 is 0 Å². The van der Waals surface area contributed by atoms with E-state index in [-0.39, 0.29) is 30.5 Å². The third-order valence-corrected chi connectivity index (χ3v) is 5.30. The van der Waals surface area contributed by atoms with E-state index in [1.54, 1.807) is 0 Å². The quantitative estimate of drug-likeness (QED) is 0.828. The molecule has 0 radical (unpaired) electrons. The lowest BCUT2D eigenvalue weighted by molar-refractivity contribution is -0.152. The number of nitrogens with one attached hydrogen (secondary N) is 1. The Morgan fingerprint density at radius 1 is 1.30 bits per heavy atom. The molecule has 3 heterocycles. The molecule has 6 nitrogen and oxygen atoms in total. The summed E-state index contributed by atoms with van der Waals surface area (Å²) in [4.78, 5) is 16.8. The van der Waals surface area contributed by atoms with Gasteiger partial charge in [0.05, 0.1) is 38.4 Å². The second-order valence-electron chi connectivity index (χ2n) is 6.50. The number of rotatable bonds is 3. The SMILES string of the molecule is O=C(CN1CCOCC1)N1[C@@H]2CNc3ccccc3[C@@H]2[C@@H]1CO. The maximum absolute atomic E-state index is 12.7. The van der Waals surface area contributed by atoms with Gasteiger partial charge in [0, 0.05) is 31.2 Å². The average molecular weight is 317 g/mol. The highest BCUT2D eigenvalue weighted by Gasteiger charge is 2.53. The van der Waals surface area contributed by atoms with Gasteiger partial charge in [-0.3, -0.25) is 9.69 Å². The van der Waals surface area contributed by atoms with E-state index in [1.165, 1.54) is 5.56 Å². The molecule has 3 aliphatic heterocycles. The van der Waals surface area contributed by atoms with Crippen LogP contribution in [0.3, 0.4) is 0 Å². The van der Waals surface area contributed by atoms with Gasteiger partial charge in [-0.05, 0) is 11.6 Å².